The van der Waals surface area contributed by atoms with Gasteiger partial charge in [-0.3, -0.25) is 9.80 Å². The Balaban J connectivity index is 1.53. The second-order valence-corrected chi connectivity index (χ2v) is 5.89. The van der Waals surface area contributed by atoms with Gasteiger partial charge in [0.15, 0.2) is 0 Å². The monoisotopic (exact) mass is 270 g/mol. The van der Waals surface area contributed by atoms with Crippen LogP contribution in [0.4, 0.5) is 0 Å². The number of piperazine rings is 1. The van der Waals surface area contributed by atoms with Gasteiger partial charge >= 0.3 is 0 Å². The number of hydrogen-bond donors (Lipinski definition) is 1. The Labute approximate surface area is 117 Å². The number of β-amino-alcohol motifs (C(OH)–C–C–N with tert-alkyl or cyclic N) is 1. The predicted molar refractivity (Wildman–Crippen MR) is 77.4 cm³/mol. The third-order valence-corrected chi connectivity index (χ3v) is 4.44. The van der Waals surface area contributed by atoms with Crippen molar-refractivity contribution in [2.45, 2.75) is 44.6 Å². The second-order valence-electron chi connectivity index (χ2n) is 5.89. The van der Waals surface area contributed by atoms with E-state index >= 15 is 0 Å². The highest BCUT2D eigenvalue weighted by atomic mass is 16.5. The zero-order valence-electron chi connectivity index (χ0n) is 12.2. The van der Waals surface area contributed by atoms with Crippen molar-refractivity contribution in [2.75, 3.05) is 52.5 Å². The van der Waals surface area contributed by atoms with Crippen molar-refractivity contribution in [2.24, 2.45) is 0 Å². The Bertz CT molecular complexity index is 222. The van der Waals surface area contributed by atoms with Crippen LogP contribution in [0.25, 0.3) is 0 Å². The molecule has 1 N–H and O–H groups in total. The lowest BCUT2D eigenvalue weighted by molar-refractivity contribution is 0.0191. The molecule has 19 heavy (non-hydrogen) atoms. The molecule has 1 saturated heterocycles. The maximum absolute atomic E-state index is 8.92. The first-order chi connectivity index (χ1) is 9.38. The Morgan fingerprint density at radius 3 is 2.00 bits per heavy atom. The van der Waals surface area contributed by atoms with Gasteiger partial charge in [-0.15, -0.1) is 0 Å². The van der Waals surface area contributed by atoms with E-state index in [9.17, 15) is 0 Å². The van der Waals surface area contributed by atoms with Gasteiger partial charge in [-0.1, -0.05) is 25.7 Å². The van der Waals surface area contributed by atoms with E-state index in [0.29, 0.717) is 6.10 Å². The molecule has 2 aliphatic rings. The summed E-state index contributed by atoms with van der Waals surface area (Å²) < 4.78 is 6.04. The maximum Gasteiger partial charge on any atom is 0.0597 e. The van der Waals surface area contributed by atoms with Gasteiger partial charge in [-0.25, -0.2) is 0 Å². The van der Waals surface area contributed by atoms with Gasteiger partial charge in [0.2, 0.25) is 0 Å². The number of rotatable bonds is 6. The van der Waals surface area contributed by atoms with E-state index in [-0.39, 0.29) is 6.61 Å². The number of aliphatic hydroxyl groups is 1. The van der Waals surface area contributed by atoms with Crippen LogP contribution in [-0.4, -0.2) is 73.5 Å². The summed E-state index contributed by atoms with van der Waals surface area (Å²) in [7, 11) is 0. The van der Waals surface area contributed by atoms with E-state index in [4.69, 9.17) is 9.84 Å². The summed E-state index contributed by atoms with van der Waals surface area (Å²) >= 11 is 0. The van der Waals surface area contributed by atoms with Crippen molar-refractivity contribution in [1.29, 1.82) is 0 Å². The number of aliphatic hydroxyl groups excluding tert-OH is 1. The largest absolute Gasteiger partial charge is 0.395 e. The summed E-state index contributed by atoms with van der Waals surface area (Å²) in [5.41, 5.74) is 0. The molecule has 0 bridgehead atoms. The van der Waals surface area contributed by atoms with Crippen LogP contribution in [0, 0.1) is 0 Å². The molecule has 4 nitrogen and oxygen atoms in total. The fourth-order valence-corrected chi connectivity index (χ4v) is 3.13. The molecule has 1 saturated carbocycles. The van der Waals surface area contributed by atoms with Crippen LogP contribution in [0.2, 0.25) is 0 Å². The first-order valence-corrected chi connectivity index (χ1v) is 8.05. The lowest BCUT2D eigenvalue weighted by atomic mass is 10.1. The van der Waals surface area contributed by atoms with Gasteiger partial charge in [0.25, 0.3) is 0 Å². The molecular weight excluding hydrogens is 240 g/mol. The van der Waals surface area contributed by atoms with Crippen LogP contribution in [-0.2, 0) is 4.74 Å². The molecule has 1 heterocycles. The van der Waals surface area contributed by atoms with Gasteiger partial charge in [-0.05, 0) is 12.8 Å². The van der Waals surface area contributed by atoms with Crippen LogP contribution in [0.15, 0.2) is 0 Å². The summed E-state index contributed by atoms with van der Waals surface area (Å²) in [6, 6.07) is 0. The maximum atomic E-state index is 8.92. The fourth-order valence-electron chi connectivity index (χ4n) is 3.13. The number of hydrogen-bond acceptors (Lipinski definition) is 4. The summed E-state index contributed by atoms with van der Waals surface area (Å²) in [5, 5.41) is 8.92. The topological polar surface area (TPSA) is 35.9 Å². The van der Waals surface area contributed by atoms with Crippen molar-refractivity contribution >= 4 is 0 Å². The minimum absolute atomic E-state index is 0.283. The third-order valence-electron chi connectivity index (χ3n) is 4.44. The minimum atomic E-state index is 0.283. The molecule has 0 aromatic rings. The summed E-state index contributed by atoms with van der Waals surface area (Å²) in [6.45, 7) is 7.49. The normalized spacial score (nSPS) is 24.5. The van der Waals surface area contributed by atoms with E-state index in [1.54, 1.807) is 0 Å². The average molecular weight is 270 g/mol. The summed E-state index contributed by atoms with van der Waals surface area (Å²) in [5.74, 6) is 0. The highest BCUT2D eigenvalue weighted by Crippen LogP contribution is 2.19. The highest BCUT2D eigenvalue weighted by molar-refractivity contribution is 4.72. The fraction of sp³-hybridized carbons (Fsp3) is 1.00. The molecule has 112 valence electrons. The van der Waals surface area contributed by atoms with Crippen molar-refractivity contribution in [1.82, 2.24) is 9.80 Å². The molecule has 1 aliphatic heterocycles. The zero-order valence-corrected chi connectivity index (χ0v) is 12.2. The number of nitrogens with zero attached hydrogens (tertiary/aromatic N) is 2. The molecule has 0 amide bonds. The van der Waals surface area contributed by atoms with Crippen LogP contribution in [0.1, 0.15) is 38.5 Å². The minimum Gasteiger partial charge on any atom is -0.395 e. The van der Waals surface area contributed by atoms with Crippen molar-refractivity contribution < 1.29 is 9.84 Å². The SMILES string of the molecule is OCCN1CCN(CCOC2CCCCCC2)CC1. The summed E-state index contributed by atoms with van der Waals surface area (Å²) in [6.07, 6.45) is 8.56. The standard InChI is InChI=1S/C15H30N2O2/c18-13-11-16-7-9-17(10-8-16)12-14-19-15-5-3-1-2-4-6-15/h15,18H,1-14H2. The Morgan fingerprint density at radius 2 is 1.42 bits per heavy atom. The van der Waals surface area contributed by atoms with Crippen LogP contribution in [0.3, 0.4) is 0 Å². The van der Waals surface area contributed by atoms with E-state index in [1.165, 1.54) is 38.5 Å². The van der Waals surface area contributed by atoms with Gasteiger partial charge in [0.05, 0.1) is 19.3 Å². The lowest BCUT2D eigenvalue weighted by Gasteiger charge is -2.34. The molecule has 2 rings (SSSR count). The van der Waals surface area contributed by atoms with E-state index in [0.717, 1.165) is 45.9 Å². The molecule has 2 fully saturated rings. The Morgan fingerprint density at radius 1 is 0.842 bits per heavy atom. The van der Waals surface area contributed by atoms with Crippen LogP contribution < -0.4 is 0 Å². The molecule has 0 aromatic heterocycles. The Hall–Kier alpha value is -0.160. The second kappa shape index (κ2) is 8.90. The van der Waals surface area contributed by atoms with Crippen LogP contribution in [0.5, 0.6) is 0 Å². The quantitative estimate of drug-likeness (QED) is 0.739. The molecule has 4 heteroatoms. The lowest BCUT2D eigenvalue weighted by Crippen LogP contribution is -2.48. The van der Waals surface area contributed by atoms with Crippen molar-refractivity contribution in [3.63, 3.8) is 0 Å². The van der Waals surface area contributed by atoms with E-state index in [1.807, 2.05) is 0 Å². The average Bonchev–Trinajstić information content (AvgIpc) is 2.70. The van der Waals surface area contributed by atoms with Gasteiger partial charge in [-0.2, -0.15) is 0 Å². The molecule has 0 radical (unpaired) electrons. The predicted octanol–water partition coefficient (Wildman–Crippen LogP) is 1.34. The number of ether oxygens (including phenoxy) is 1. The van der Waals surface area contributed by atoms with E-state index in [2.05, 4.69) is 9.80 Å². The first-order valence-electron chi connectivity index (χ1n) is 8.05. The van der Waals surface area contributed by atoms with Crippen molar-refractivity contribution in [3.05, 3.63) is 0 Å². The third kappa shape index (κ3) is 5.78. The smallest absolute Gasteiger partial charge is 0.0597 e. The van der Waals surface area contributed by atoms with Gasteiger partial charge in [0, 0.05) is 39.3 Å². The zero-order chi connectivity index (χ0) is 13.3. The molecule has 0 atom stereocenters. The van der Waals surface area contributed by atoms with Gasteiger partial charge in [0.1, 0.15) is 0 Å². The molecular formula is C15H30N2O2. The van der Waals surface area contributed by atoms with Crippen LogP contribution >= 0.6 is 0 Å². The first kappa shape index (κ1) is 15.2. The highest BCUT2D eigenvalue weighted by Gasteiger charge is 2.17. The van der Waals surface area contributed by atoms with E-state index < -0.39 is 0 Å². The molecule has 1 aliphatic carbocycles. The molecule has 0 unspecified atom stereocenters. The van der Waals surface area contributed by atoms with Crippen molar-refractivity contribution in [3.8, 4) is 0 Å². The summed E-state index contributed by atoms with van der Waals surface area (Å²) in [4.78, 5) is 4.83. The molecule has 0 spiro atoms. The Kier molecular flexibility index (Phi) is 7.14. The van der Waals surface area contributed by atoms with Gasteiger partial charge < -0.3 is 9.84 Å². The molecule has 0 aromatic carbocycles.